The third-order valence-electron chi connectivity index (χ3n) is 4.29. The maximum atomic E-state index is 5.77. The predicted octanol–water partition coefficient (Wildman–Crippen LogP) is 3.70. The molecule has 1 saturated heterocycles. The van der Waals surface area contributed by atoms with Crippen molar-refractivity contribution in [2.75, 3.05) is 13.2 Å². The fraction of sp³-hybridized carbons (Fsp3) is 0.500. The third kappa shape index (κ3) is 3.25. The van der Waals surface area contributed by atoms with Crippen molar-refractivity contribution in [2.24, 2.45) is 5.92 Å². The van der Waals surface area contributed by atoms with Gasteiger partial charge >= 0.3 is 0 Å². The van der Waals surface area contributed by atoms with Crippen LogP contribution in [0.1, 0.15) is 38.3 Å². The second-order valence-corrected chi connectivity index (χ2v) is 6.03. The van der Waals surface area contributed by atoms with Crippen LogP contribution in [0, 0.1) is 5.92 Å². The van der Waals surface area contributed by atoms with Gasteiger partial charge in [0.25, 0.3) is 0 Å². The molecule has 3 rings (SSSR count). The van der Waals surface area contributed by atoms with E-state index in [1.54, 1.807) is 0 Å². The highest BCUT2D eigenvalue weighted by Crippen LogP contribution is 2.32. The van der Waals surface area contributed by atoms with E-state index < -0.39 is 0 Å². The van der Waals surface area contributed by atoms with Gasteiger partial charge in [-0.05, 0) is 44.0 Å². The highest BCUT2D eigenvalue weighted by molar-refractivity contribution is 5.78. The van der Waals surface area contributed by atoms with Crippen LogP contribution >= 0.6 is 0 Å². The van der Waals surface area contributed by atoms with Crippen LogP contribution in [0.5, 0.6) is 0 Å². The summed E-state index contributed by atoms with van der Waals surface area (Å²) in [5, 5.41) is 4.91. The minimum absolute atomic E-state index is 0.340. The van der Waals surface area contributed by atoms with Crippen LogP contribution in [-0.2, 0) is 4.74 Å². The summed E-state index contributed by atoms with van der Waals surface area (Å²) in [5.74, 6) is 0.537. The van der Waals surface area contributed by atoms with Crippen molar-refractivity contribution in [2.45, 2.75) is 38.8 Å². The van der Waals surface area contributed by atoms with Gasteiger partial charge in [0.15, 0.2) is 0 Å². The normalized spacial score (nSPS) is 23.5. The molecule has 3 nitrogen and oxygen atoms in total. The van der Waals surface area contributed by atoms with Gasteiger partial charge in [0.1, 0.15) is 0 Å². The number of nitrogens with zero attached hydrogens (tertiary/aromatic N) is 1. The van der Waals surface area contributed by atoms with E-state index in [4.69, 9.17) is 4.74 Å². The summed E-state index contributed by atoms with van der Waals surface area (Å²) < 4.78 is 5.77. The van der Waals surface area contributed by atoms with Crippen LogP contribution in [0.2, 0.25) is 0 Å². The Balaban J connectivity index is 1.89. The first kappa shape index (κ1) is 14.5. The van der Waals surface area contributed by atoms with Crippen molar-refractivity contribution in [1.29, 1.82) is 0 Å². The number of ether oxygens (including phenoxy) is 1. The Morgan fingerprint density at radius 1 is 1.38 bits per heavy atom. The SMILES string of the molecule is CCCNC(c1cnc2ccccc2c1)C1COC(C)C1. The molecule has 0 aliphatic carbocycles. The molecule has 1 aliphatic heterocycles. The Bertz CT molecular complexity index is 599. The quantitative estimate of drug-likeness (QED) is 0.909. The monoisotopic (exact) mass is 284 g/mol. The number of aromatic nitrogens is 1. The topological polar surface area (TPSA) is 34.2 Å². The Hall–Kier alpha value is -1.45. The zero-order chi connectivity index (χ0) is 14.7. The number of fused-ring (bicyclic) bond motifs is 1. The van der Waals surface area contributed by atoms with E-state index in [-0.39, 0.29) is 0 Å². The van der Waals surface area contributed by atoms with Crippen molar-refractivity contribution in [3.63, 3.8) is 0 Å². The van der Waals surface area contributed by atoms with E-state index in [0.29, 0.717) is 18.1 Å². The Kier molecular flexibility index (Phi) is 4.51. The molecular weight excluding hydrogens is 260 g/mol. The molecule has 2 aromatic rings. The van der Waals surface area contributed by atoms with Crippen molar-refractivity contribution < 1.29 is 4.74 Å². The van der Waals surface area contributed by atoms with E-state index in [1.807, 2.05) is 12.3 Å². The molecule has 2 heterocycles. The number of pyridine rings is 1. The number of nitrogens with one attached hydrogen (secondary N) is 1. The smallest absolute Gasteiger partial charge is 0.0702 e. The Morgan fingerprint density at radius 2 is 2.24 bits per heavy atom. The molecule has 1 aliphatic rings. The lowest BCUT2D eigenvalue weighted by atomic mass is 9.91. The summed E-state index contributed by atoms with van der Waals surface area (Å²) in [4.78, 5) is 4.62. The highest BCUT2D eigenvalue weighted by Gasteiger charge is 2.30. The first-order valence-electron chi connectivity index (χ1n) is 7.97. The van der Waals surface area contributed by atoms with Gasteiger partial charge in [-0.15, -0.1) is 0 Å². The predicted molar refractivity (Wildman–Crippen MR) is 86.3 cm³/mol. The molecule has 0 spiro atoms. The zero-order valence-electron chi connectivity index (χ0n) is 12.9. The van der Waals surface area contributed by atoms with Crippen LogP contribution in [0.25, 0.3) is 10.9 Å². The van der Waals surface area contributed by atoms with Gasteiger partial charge in [-0.3, -0.25) is 4.98 Å². The van der Waals surface area contributed by atoms with Gasteiger partial charge in [-0.2, -0.15) is 0 Å². The molecule has 3 unspecified atom stereocenters. The van der Waals surface area contributed by atoms with Gasteiger partial charge in [0.2, 0.25) is 0 Å². The minimum Gasteiger partial charge on any atom is -0.378 e. The lowest BCUT2D eigenvalue weighted by molar-refractivity contribution is 0.117. The molecule has 112 valence electrons. The van der Waals surface area contributed by atoms with Crippen molar-refractivity contribution in [1.82, 2.24) is 10.3 Å². The highest BCUT2D eigenvalue weighted by atomic mass is 16.5. The van der Waals surface area contributed by atoms with E-state index in [1.165, 1.54) is 10.9 Å². The average molecular weight is 284 g/mol. The maximum Gasteiger partial charge on any atom is 0.0702 e. The largest absolute Gasteiger partial charge is 0.378 e. The van der Waals surface area contributed by atoms with Gasteiger partial charge in [-0.1, -0.05) is 25.1 Å². The molecule has 21 heavy (non-hydrogen) atoms. The van der Waals surface area contributed by atoms with Crippen molar-refractivity contribution in [3.05, 3.63) is 42.1 Å². The Morgan fingerprint density at radius 3 is 3.00 bits per heavy atom. The van der Waals surface area contributed by atoms with Gasteiger partial charge < -0.3 is 10.1 Å². The molecule has 3 atom stereocenters. The summed E-state index contributed by atoms with van der Waals surface area (Å²) in [7, 11) is 0. The number of para-hydroxylation sites is 1. The Labute approximate surface area is 126 Å². The molecule has 1 N–H and O–H groups in total. The molecule has 0 amide bonds. The van der Waals surface area contributed by atoms with Gasteiger partial charge in [0.05, 0.1) is 18.2 Å². The van der Waals surface area contributed by atoms with Crippen LogP contribution in [0.15, 0.2) is 36.5 Å². The first-order valence-corrected chi connectivity index (χ1v) is 7.97. The van der Waals surface area contributed by atoms with Crippen LogP contribution in [-0.4, -0.2) is 24.2 Å². The summed E-state index contributed by atoms with van der Waals surface area (Å²) in [6, 6.07) is 10.9. The van der Waals surface area contributed by atoms with Crippen LogP contribution in [0.4, 0.5) is 0 Å². The lowest BCUT2D eigenvalue weighted by Crippen LogP contribution is -2.29. The minimum atomic E-state index is 0.340. The second-order valence-electron chi connectivity index (χ2n) is 6.03. The molecule has 0 bridgehead atoms. The summed E-state index contributed by atoms with van der Waals surface area (Å²) in [6.45, 7) is 6.24. The van der Waals surface area contributed by atoms with E-state index in [0.717, 1.165) is 31.5 Å². The van der Waals surface area contributed by atoms with Gasteiger partial charge in [-0.25, -0.2) is 0 Å². The summed E-state index contributed by atoms with van der Waals surface area (Å²) >= 11 is 0. The van der Waals surface area contributed by atoms with E-state index >= 15 is 0 Å². The van der Waals surface area contributed by atoms with Crippen LogP contribution in [0.3, 0.4) is 0 Å². The number of rotatable bonds is 5. The number of hydrogen-bond donors (Lipinski definition) is 1. The molecule has 0 radical (unpaired) electrons. The molecule has 1 fully saturated rings. The molecule has 1 aromatic heterocycles. The molecule has 0 saturated carbocycles. The first-order chi connectivity index (χ1) is 10.3. The summed E-state index contributed by atoms with van der Waals surface area (Å²) in [5.41, 5.74) is 2.34. The molecular formula is C18H24N2O. The molecule has 3 heteroatoms. The van der Waals surface area contributed by atoms with Crippen molar-refractivity contribution in [3.8, 4) is 0 Å². The van der Waals surface area contributed by atoms with E-state index in [2.05, 4.69) is 48.4 Å². The summed E-state index contributed by atoms with van der Waals surface area (Å²) in [6.07, 6.45) is 4.65. The van der Waals surface area contributed by atoms with E-state index in [9.17, 15) is 0 Å². The van der Waals surface area contributed by atoms with Crippen molar-refractivity contribution >= 4 is 10.9 Å². The maximum absolute atomic E-state index is 5.77. The average Bonchev–Trinajstić information content (AvgIpc) is 2.94. The third-order valence-corrected chi connectivity index (χ3v) is 4.29. The van der Waals surface area contributed by atoms with Crippen LogP contribution < -0.4 is 5.32 Å². The number of hydrogen-bond acceptors (Lipinski definition) is 3. The fourth-order valence-electron chi connectivity index (χ4n) is 3.20. The number of benzene rings is 1. The fourth-order valence-corrected chi connectivity index (χ4v) is 3.20. The van der Waals surface area contributed by atoms with Gasteiger partial charge in [0, 0.05) is 23.5 Å². The second kappa shape index (κ2) is 6.54. The zero-order valence-corrected chi connectivity index (χ0v) is 12.9. The standard InChI is InChI=1S/C18H24N2O/c1-3-8-19-18(16-9-13(2)21-12-16)15-10-14-6-4-5-7-17(14)20-11-15/h4-7,10-11,13,16,18-19H,3,8-9,12H2,1-2H3. The molecule has 1 aromatic carbocycles. The lowest BCUT2D eigenvalue weighted by Gasteiger charge is -2.24.